The highest BCUT2D eigenvalue weighted by molar-refractivity contribution is 7.47. The Hall–Kier alpha value is -4.57. The number of hydrogen-bond donors (Lipinski definition) is 4. The zero-order chi connectivity index (χ0) is 86.5. The van der Waals surface area contributed by atoms with Crippen molar-refractivity contribution in [2.24, 2.45) is 0 Å². The summed E-state index contributed by atoms with van der Waals surface area (Å²) in [5.41, 5.74) is 0. The van der Waals surface area contributed by atoms with Gasteiger partial charge in [0.05, 0.1) is 26.4 Å². The minimum Gasteiger partial charge on any atom is -0.463 e. The fourth-order valence-electron chi connectivity index (χ4n) is 13.3. The van der Waals surface area contributed by atoms with Crippen LogP contribution in [0.5, 0.6) is 0 Å². The molecule has 686 valence electrons. The Bertz CT molecular complexity index is 2740. The average Bonchev–Trinajstić information content (AvgIpc) is 0.898. The molecule has 0 bridgehead atoms. The molecule has 4 N–H and O–H groups in total. The molecule has 5 atom stereocenters. The molecule has 0 radical (unpaired) electrons. The lowest BCUT2D eigenvalue weighted by atomic mass is 10.0. The van der Waals surface area contributed by atoms with Gasteiger partial charge in [-0.25, -0.2) is 9.13 Å². The summed E-state index contributed by atoms with van der Waals surface area (Å²) in [4.78, 5) is 59.0. The van der Waals surface area contributed by atoms with Gasteiger partial charge in [0.2, 0.25) is 0 Å². The quantitative estimate of drug-likeness (QED) is 0.0146. The summed E-state index contributed by atoms with van der Waals surface area (Å²) in [7, 11) is -9.80. The third-order valence-corrected chi connectivity index (χ3v) is 22.5. The molecule has 0 amide bonds. The normalized spacial score (nSPS) is 14.4. The predicted octanol–water partition coefficient (Wildman–Crippen LogP) is 29.9. The van der Waals surface area contributed by atoms with Crippen molar-refractivity contribution in [3.63, 3.8) is 0 Å². The van der Waals surface area contributed by atoms with Crippen molar-refractivity contribution in [3.8, 4) is 0 Å². The molecule has 0 aromatic rings. The van der Waals surface area contributed by atoms with Crippen molar-refractivity contribution in [1.29, 1.82) is 0 Å². The highest BCUT2D eigenvalue weighted by atomic mass is 31.2. The van der Waals surface area contributed by atoms with E-state index in [4.69, 9.17) is 32.3 Å². The first-order valence-corrected chi connectivity index (χ1v) is 51.1. The number of aliphatic hydroxyl groups excluding tert-OH is 2. The summed E-state index contributed by atoms with van der Waals surface area (Å²) in [6.07, 6.45) is 118. The molecular formula is C101H176O16P2. The number of carbonyl (C=O) groups is 3. The molecule has 5 unspecified atom stereocenters. The average molecular weight is 1710 g/mol. The Morgan fingerprint density at radius 2 is 0.445 bits per heavy atom. The van der Waals surface area contributed by atoms with Crippen LogP contribution in [0.4, 0.5) is 0 Å². The number of phosphoric ester groups is 2. The minimum absolute atomic E-state index is 0.108. The van der Waals surface area contributed by atoms with Gasteiger partial charge in [0, 0.05) is 19.3 Å². The van der Waals surface area contributed by atoms with E-state index in [1.54, 1.807) is 0 Å². The first-order chi connectivity index (χ1) is 58.2. The first kappa shape index (κ1) is 114. The number of unbranched alkanes of at least 4 members (excludes halogenated alkanes) is 44. The monoisotopic (exact) mass is 1710 g/mol. The van der Waals surface area contributed by atoms with Crippen LogP contribution >= 0.6 is 15.6 Å². The van der Waals surface area contributed by atoms with Crippen LogP contribution < -0.4 is 0 Å². The Morgan fingerprint density at radius 1 is 0.244 bits per heavy atom. The van der Waals surface area contributed by atoms with Crippen LogP contribution in [-0.4, -0.2) is 95.9 Å². The number of allylic oxidation sites excluding steroid dienone is 24. The Balaban J connectivity index is 4.42. The van der Waals surface area contributed by atoms with E-state index in [1.807, 2.05) is 0 Å². The summed E-state index contributed by atoms with van der Waals surface area (Å²) in [5.74, 6) is -1.55. The Kier molecular flexibility index (Phi) is 89.1. The molecule has 0 fully saturated rings. The number of aliphatic hydroxyl groups is 2. The van der Waals surface area contributed by atoms with E-state index in [0.717, 1.165) is 148 Å². The topological polar surface area (TPSA) is 231 Å². The number of esters is 3. The lowest BCUT2D eigenvalue weighted by molar-refractivity contribution is -0.161. The molecule has 0 heterocycles. The number of ether oxygens (including phenoxy) is 3. The molecular weight excluding hydrogens is 1530 g/mol. The Labute approximate surface area is 728 Å². The fraction of sp³-hybridized carbons (Fsp3) is 0.733. The van der Waals surface area contributed by atoms with Crippen molar-refractivity contribution >= 4 is 33.6 Å². The predicted molar refractivity (Wildman–Crippen MR) is 500 cm³/mol. The molecule has 18 heteroatoms. The lowest BCUT2D eigenvalue weighted by Gasteiger charge is -2.21. The van der Waals surface area contributed by atoms with Crippen molar-refractivity contribution < 1.29 is 75.8 Å². The molecule has 0 aliphatic carbocycles. The van der Waals surface area contributed by atoms with E-state index in [1.165, 1.54) is 212 Å². The van der Waals surface area contributed by atoms with Crippen molar-refractivity contribution in [1.82, 2.24) is 0 Å². The standard InChI is InChI=1S/C101H176O16P2/c1-4-7-10-13-16-19-22-25-28-30-32-34-36-38-40-42-44-46-47-49-51-52-54-56-58-60-62-64-67-69-72-75-78-81-84-87-99(104)111-90-96(102)91-113-118(107,108)114-92-97(103)93-115-119(109,110)116-95-98(117-101(106)89-86-83-80-77-74-71-66-27-24-21-18-15-12-9-6-3)94-112-100(105)88-85-82-79-76-73-70-68-65-63-61-59-57-55-53-50-48-45-43-41-39-37-35-33-31-29-26-23-20-17-14-11-8-5-2/h7-8,10-11,16-17,19-20,25-26,28-29,32-35,38-41,44-46,48,96-98,102-103H,4-6,9,12-15,18,21-24,27,30-31,36-37,42-43,47,49-95H2,1-3H3,(H,107,108)(H,109,110)/b10-7-,11-8-,19-16-,20-17-,28-25-,29-26-,34-32-,35-33-,40-38-,41-39-,46-44-,48-45-. The maximum absolute atomic E-state index is 13.0. The summed E-state index contributed by atoms with van der Waals surface area (Å²) >= 11 is 0. The van der Waals surface area contributed by atoms with Crippen LogP contribution in [0.2, 0.25) is 0 Å². The van der Waals surface area contributed by atoms with Crippen LogP contribution in [0.25, 0.3) is 0 Å². The van der Waals surface area contributed by atoms with Gasteiger partial charge in [-0.05, 0) is 122 Å². The maximum Gasteiger partial charge on any atom is 0.472 e. The van der Waals surface area contributed by atoms with Gasteiger partial charge in [0.1, 0.15) is 25.4 Å². The van der Waals surface area contributed by atoms with Gasteiger partial charge in [-0.15, -0.1) is 0 Å². The largest absolute Gasteiger partial charge is 0.472 e. The van der Waals surface area contributed by atoms with E-state index in [-0.39, 0.29) is 19.3 Å². The van der Waals surface area contributed by atoms with Gasteiger partial charge in [-0.3, -0.25) is 32.5 Å². The molecule has 119 heavy (non-hydrogen) atoms. The van der Waals surface area contributed by atoms with Gasteiger partial charge in [0.25, 0.3) is 0 Å². The van der Waals surface area contributed by atoms with Gasteiger partial charge in [-0.1, -0.05) is 423 Å². The van der Waals surface area contributed by atoms with Gasteiger partial charge in [0.15, 0.2) is 6.10 Å². The lowest BCUT2D eigenvalue weighted by Crippen LogP contribution is -2.30. The zero-order valence-electron chi connectivity index (χ0n) is 75.8. The van der Waals surface area contributed by atoms with Crippen molar-refractivity contribution in [2.45, 2.75) is 437 Å². The zero-order valence-corrected chi connectivity index (χ0v) is 77.5. The fourth-order valence-corrected chi connectivity index (χ4v) is 14.9. The number of hydrogen-bond acceptors (Lipinski definition) is 14. The first-order valence-electron chi connectivity index (χ1n) is 48.1. The van der Waals surface area contributed by atoms with E-state index in [9.17, 15) is 43.5 Å². The second kappa shape index (κ2) is 92.6. The Morgan fingerprint density at radius 3 is 0.706 bits per heavy atom. The number of carbonyl (C=O) groups excluding carboxylic acids is 3. The number of phosphoric acid groups is 2. The van der Waals surface area contributed by atoms with Gasteiger partial charge >= 0.3 is 33.6 Å². The molecule has 0 rings (SSSR count). The molecule has 0 aliphatic heterocycles. The van der Waals surface area contributed by atoms with Gasteiger partial charge < -0.3 is 34.2 Å². The van der Waals surface area contributed by atoms with E-state index >= 15 is 0 Å². The highest BCUT2D eigenvalue weighted by Crippen LogP contribution is 2.45. The second-order valence-corrected chi connectivity index (χ2v) is 35.0. The molecule has 0 aromatic carbocycles. The number of rotatable bonds is 91. The molecule has 0 saturated heterocycles. The smallest absolute Gasteiger partial charge is 0.463 e. The summed E-state index contributed by atoms with van der Waals surface area (Å²) in [6.45, 7) is 2.53. The molecule has 16 nitrogen and oxygen atoms in total. The maximum atomic E-state index is 13.0. The SMILES string of the molecule is CC/C=C\C/C=C\C/C=C\C/C=C\C/C=C\C/C=C\CCCCCCCCCCCCCCCCCCC(=O)OCC(O)COP(=O)(O)OCC(O)COP(=O)(O)OCC(COC(=O)CCCCCCCCCCCCCCCC/C=C\C/C=C\C/C=C\C/C=C\C/C=C\C/C=C\CC)OC(=O)CCCCCCCCCCCCCCCCC. The summed E-state index contributed by atoms with van der Waals surface area (Å²) in [5, 5.41) is 20.7. The van der Waals surface area contributed by atoms with Crippen LogP contribution in [0, 0.1) is 0 Å². The molecule has 0 aromatic heterocycles. The van der Waals surface area contributed by atoms with Crippen LogP contribution in [0.1, 0.15) is 419 Å². The van der Waals surface area contributed by atoms with Crippen LogP contribution in [0.3, 0.4) is 0 Å². The third kappa shape index (κ3) is 94.0. The minimum atomic E-state index is -4.94. The molecule has 0 saturated carbocycles. The van der Waals surface area contributed by atoms with Gasteiger partial charge in [-0.2, -0.15) is 0 Å². The van der Waals surface area contributed by atoms with E-state index in [0.29, 0.717) is 19.3 Å². The molecule has 0 spiro atoms. The van der Waals surface area contributed by atoms with Crippen molar-refractivity contribution in [2.75, 3.05) is 39.6 Å². The van der Waals surface area contributed by atoms with E-state index in [2.05, 4.69) is 167 Å². The third-order valence-electron chi connectivity index (χ3n) is 20.6. The van der Waals surface area contributed by atoms with Crippen molar-refractivity contribution in [3.05, 3.63) is 146 Å². The molecule has 0 aliphatic rings. The highest BCUT2D eigenvalue weighted by Gasteiger charge is 2.30. The second-order valence-electron chi connectivity index (χ2n) is 32.1. The summed E-state index contributed by atoms with van der Waals surface area (Å²) < 4.78 is 61.5. The van der Waals surface area contributed by atoms with Crippen LogP contribution in [-0.2, 0) is 55.8 Å². The summed E-state index contributed by atoms with van der Waals surface area (Å²) in [6, 6.07) is 0. The van der Waals surface area contributed by atoms with E-state index < -0.39 is 91.5 Å². The van der Waals surface area contributed by atoms with Crippen LogP contribution in [0.15, 0.2) is 146 Å².